The largest absolute Gasteiger partial charge is 0.325 e. The highest BCUT2D eigenvalue weighted by Gasteiger charge is 2.19. The monoisotopic (exact) mass is 437 g/mol. The summed E-state index contributed by atoms with van der Waals surface area (Å²) in [5.74, 6) is -0.671. The second-order valence-corrected chi connectivity index (χ2v) is 9.16. The van der Waals surface area contributed by atoms with E-state index in [1.807, 2.05) is 0 Å². The first kappa shape index (κ1) is 20.6. The number of rotatable bonds is 6. The summed E-state index contributed by atoms with van der Waals surface area (Å²) in [6.45, 7) is -0.567. The van der Waals surface area contributed by atoms with Crippen molar-refractivity contribution in [3.63, 3.8) is 0 Å². The van der Waals surface area contributed by atoms with Crippen molar-refractivity contribution in [2.75, 3.05) is 11.9 Å². The first-order chi connectivity index (χ1) is 12.0. The number of hydrogen-bond donors (Lipinski definition) is 3. The van der Waals surface area contributed by atoms with Crippen LogP contribution >= 0.6 is 23.2 Å². The Balaban J connectivity index is 2.03. The lowest BCUT2D eigenvalue weighted by Gasteiger charge is -2.09. The van der Waals surface area contributed by atoms with Gasteiger partial charge in [-0.15, -0.1) is 0 Å². The van der Waals surface area contributed by atoms with Crippen LogP contribution in [0.4, 0.5) is 5.69 Å². The Morgan fingerprint density at radius 1 is 1.00 bits per heavy atom. The molecule has 2 aromatic carbocycles. The second kappa shape index (κ2) is 7.91. The molecule has 0 aromatic heterocycles. The van der Waals surface area contributed by atoms with E-state index in [2.05, 4.69) is 10.0 Å². The van der Waals surface area contributed by atoms with Crippen molar-refractivity contribution in [3.8, 4) is 0 Å². The van der Waals surface area contributed by atoms with Crippen LogP contribution < -0.4 is 15.2 Å². The van der Waals surface area contributed by atoms with Gasteiger partial charge in [0.25, 0.3) is 0 Å². The summed E-state index contributed by atoms with van der Waals surface area (Å²) >= 11 is 11.6. The Bertz CT molecular complexity index is 1040. The number of sulfonamides is 2. The quantitative estimate of drug-likeness (QED) is 0.629. The summed E-state index contributed by atoms with van der Waals surface area (Å²) < 4.78 is 48.8. The highest BCUT2D eigenvalue weighted by atomic mass is 35.5. The predicted octanol–water partition coefficient (Wildman–Crippen LogP) is 1.56. The zero-order valence-corrected chi connectivity index (χ0v) is 16.1. The fourth-order valence-electron chi connectivity index (χ4n) is 1.85. The summed E-state index contributed by atoms with van der Waals surface area (Å²) in [4.78, 5) is 11.5. The summed E-state index contributed by atoms with van der Waals surface area (Å²) in [6, 6.07) is 8.98. The van der Waals surface area contributed by atoms with Gasteiger partial charge in [-0.1, -0.05) is 23.2 Å². The maximum absolute atomic E-state index is 12.2. The lowest BCUT2D eigenvalue weighted by molar-refractivity contribution is -0.115. The maximum Gasteiger partial charge on any atom is 0.242 e. The van der Waals surface area contributed by atoms with E-state index in [9.17, 15) is 21.6 Å². The summed E-state index contributed by atoms with van der Waals surface area (Å²) in [5.41, 5.74) is 0.266. The first-order valence-electron chi connectivity index (χ1n) is 6.86. The first-order valence-corrected chi connectivity index (χ1v) is 10.6. The van der Waals surface area contributed by atoms with Crippen LogP contribution in [0.2, 0.25) is 10.0 Å². The zero-order valence-electron chi connectivity index (χ0n) is 12.9. The van der Waals surface area contributed by atoms with E-state index >= 15 is 0 Å². The molecule has 12 heteroatoms. The molecule has 0 aliphatic rings. The van der Waals surface area contributed by atoms with E-state index in [-0.39, 0.29) is 25.5 Å². The van der Waals surface area contributed by atoms with E-state index < -0.39 is 32.5 Å². The van der Waals surface area contributed by atoms with Gasteiger partial charge in [0.1, 0.15) is 4.90 Å². The molecule has 0 saturated heterocycles. The Morgan fingerprint density at radius 2 is 1.62 bits per heavy atom. The molecule has 2 aromatic rings. The van der Waals surface area contributed by atoms with Crippen molar-refractivity contribution < 1.29 is 21.6 Å². The summed E-state index contributed by atoms with van der Waals surface area (Å²) in [5, 5.41) is 7.51. The molecule has 1 amide bonds. The number of benzene rings is 2. The molecule has 0 atom stereocenters. The summed E-state index contributed by atoms with van der Waals surface area (Å²) in [7, 11) is -7.89. The van der Waals surface area contributed by atoms with Crippen LogP contribution in [0.15, 0.2) is 52.3 Å². The standard InChI is InChI=1S/C14H13Cl2N3O5S2/c15-9-1-6-12(16)13(7-9)26(23,24)18-8-14(20)19-10-2-4-11(5-3-10)25(17,21)22/h1-7,18H,8H2,(H,19,20)(H2,17,21,22). The fraction of sp³-hybridized carbons (Fsp3) is 0.0714. The molecule has 0 saturated carbocycles. The Hall–Kier alpha value is -1.69. The van der Waals surface area contributed by atoms with Gasteiger partial charge in [0.05, 0.1) is 16.5 Å². The zero-order chi connectivity index (χ0) is 19.5. The van der Waals surface area contributed by atoms with Gasteiger partial charge >= 0.3 is 0 Å². The number of nitrogens with one attached hydrogen (secondary N) is 2. The molecule has 8 nitrogen and oxygen atoms in total. The van der Waals surface area contributed by atoms with E-state index in [1.165, 1.54) is 36.4 Å². The van der Waals surface area contributed by atoms with Crippen LogP contribution in [-0.2, 0) is 24.8 Å². The molecule has 140 valence electrons. The molecular weight excluding hydrogens is 425 g/mol. The number of halogens is 2. The molecule has 0 heterocycles. The van der Waals surface area contributed by atoms with Crippen LogP contribution in [0.5, 0.6) is 0 Å². The lowest BCUT2D eigenvalue weighted by atomic mass is 10.3. The van der Waals surface area contributed by atoms with Gasteiger partial charge in [-0.05, 0) is 42.5 Å². The molecule has 4 N–H and O–H groups in total. The number of carbonyl (C=O) groups is 1. The van der Waals surface area contributed by atoms with Gasteiger partial charge in [-0.2, -0.15) is 0 Å². The molecule has 0 fully saturated rings. The van der Waals surface area contributed by atoms with Crippen LogP contribution in [0.3, 0.4) is 0 Å². The average molecular weight is 438 g/mol. The molecule has 0 bridgehead atoms. The molecule has 0 unspecified atom stereocenters. The van der Waals surface area contributed by atoms with Crippen molar-refractivity contribution in [2.24, 2.45) is 5.14 Å². The number of primary sulfonamides is 1. The number of amides is 1. The molecule has 0 aliphatic heterocycles. The van der Waals surface area contributed by atoms with Gasteiger partial charge in [-0.3, -0.25) is 4.79 Å². The number of nitrogens with two attached hydrogens (primary N) is 1. The van der Waals surface area contributed by atoms with E-state index in [0.29, 0.717) is 0 Å². The number of anilines is 1. The van der Waals surface area contributed by atoms with E-state index in [0.717, 1.165) is 6.07 Å². The van der Waals surface area contributed by atoms with Crippen molar-refractivity contribution in [1.82, 2.24) is 4.72 Å². The van der Waals surface area contributed by atoms with Crippen LogP contribution in [0, 0.1) is 0 Å². The Labute approximate surface area is 160 Å². The van der Waals surface area contributed by atoms with Crippen molar-refractivity contribution >= 4 is 54.8 Å². The minimum atomic E-state index is -4.05. The SMILES string of the molecule is NS(=O)(=O)c1ccc(NC(=O)CNS(=O)(=O)c2cc(Cl)ccc2Cl)cc1. The van der Waals surface area contributed by atoms with Crippen LogP contribution in [-0.4, -0.2) is 29.3 Å². The van der Waals surface area contributed by atoms with Gasteiger partial charge in [-0.25, -0.2) is 26.7 Å². The maximum atomic E-state index is 12.2. The van der Waals surface area contributed by atoms with Crippen molar-refractivity contribution in [2.45, 2.75) is 9.79 Å². The third-order valence-corrected chi connectivity index (χ3v) is 6.12. The van der Waals surface area contributed by atoms with Crippen molar-refractivity contribution in [3.05, 3.63) is 52.5 Å². The molecule has 0 spiro atoms. The van der Waals surface area contributed by atoms with Crippen LogP contribution in [0.25, 0.3) is 0 Å². The third-order valence-electron chi connectivity index (χ3n) is 3.07. The molecule has 26 heavy (non-hydrogen) atoms. The highest BCUT2D eigenvalue weighted by Crippen LogP contribution is 2.24. The lowest BCUT2D eigenvalue weighted by Crippen LogP contribution is -2.33. The number of carbonyl (C=O) groups excluding carboxylic acids is 1. The summed E-state index contributed by atoms with van der Waals surface area (Å²) in [6.07, 6.45) is 0. The average Bonchev–Trinajstić information content (AvgIpc) is 2.55. The molecule has 0 radical (unpaired) electrons. The van der Waals surface area contributed by atoms with Crippen molar-refractivity contribution in [1.29, 1.82) is 0 Å². The topological polar surface area (TPSA) is 135 Å². The minimum Gasteiger partial charge on any atom is -0.325 e. The predicted molar refractivity (Wildman–Crippen MR) is 98.1 cm³/mol. The molecule has 2 rings (SSSR count). The second-order valence-electron chi connectivity index (χ2n) is 5.02. The van der Waals surface area contributed by atoms with Gasteiger partial charge in [0.15, 0.2) is 0 Å². The van der Waals surface area contributed by atoms with Gasteiger partial charge in [0.2, 0.25) is 26.0 Å². The Kier molecular flexibility index (Phi) is 6.27. The van der Waals surface area contributed by atoms with E-state index in [1.54, 1.807) is 0 Å². The highest BCUT2D eigenvalue weighted by molar-refractivity contribution is 7.89. The number of hydrogen-bond acceptors (Lipinski definition) is 5. The Morgan fingerprint density at radius 3 is 2.19 bits per heavy atom. The van der Waals surface area contributed by atoms with Crippen LogP contribution in [0.1, 0.15) is 0 Å². The fourth-order valence-corrected chi connectivity index (χ4v) is 4.11. The molecular formula is C14H13Cl2N3O5S2. The van der Waals surface area contributed by atoms with E-state index in [4.69, 9.17) is 28.3 Å². The third kappa shape index (κ3) is 5.40. The molecule has 0 aliphatic carbocycles. The van der Waals surface area contributed by atoms with Gasteiger partial charge < -0.3 is 5.32 Å². The minimum absolute atomic E-state index is 0.0408. The van der Waals surface area contributed by atoms with Gasteiger partial charge in [0, 0.05) is 10.7 Å². The smallest absolute Gasteiger partial charge is 0.242 e. The normalized spacial score (nSPS) is 12.0.